The highest BCUT2D eigenvalue weighted by Gasteiger charge is 2.11. The molecule has 1 atom stereocenters. The highest BCUT2D eigenvalue weighted by molar-refractivity contribution is 5.72. The number of nitrogens with zero attached hydrogens (tertiary/aromatic N) is 1. The van der Waals surface area contributed by atoms with Gasteiger partial charge in [-0.3, -0.25) is 0 Å². The second-order valence-electron chi connectivity index (χ2n) is 4.85. The Morgan fingerprint density at radius 1 is 1.42 bits per heavy atom. The van der Waals surface area contributed by atoms with Gasteiger partial charge in [0.1, 0.15) is 5.52 Å². The van der Waals surface area contributed by atoms with Crippen LogP contribution in [0.25, 0.3) is 11.1 Å². The van der Waals surface area contributed by atoms with Gasteiger partial charge in [-0.1, -0.05) is 6.07 Å². The molecule has 2 aromatic rings. The van der Waals surface area contributed by atoms with Gasteiger partial charge in [-0.25, -0.2) is 4.98 Å². The molecule has 2 N–H and O–H groups in total. The summed E-state index contributed by atoms with van der Waals surface area (Å²) in [6.45, 7) is 4.46. The smallest absolute Gasteiger partial charge is 0.181 e. The molecule has 5 heteroatoms. The molecule has 5 nitrogen and oxygen atoms in total. The van der Waals surface area contributed by atoms with Gasteiger partial charge in [0.15, 0.2) is 12.0 Å². The van der Waals surface area contributed by atoms with Crippen molar-refractivity contribution in [1.29, 1.82) is 0 Å². The van der Waals surface area contributed by atoms with Crippen molar-refractivity contribution in [2.24, 2.45) is 0 Å². The fraction of sp³-hybridized carbons (Fsp3) is 0.500. The first-order valence-electron chi connectivity index (χ1n) is 6.76. The molecule has 0 amide bonds. The number of nitrogens with one attached hydrogen (secondary N) is 2. The summed E-state index contributed by atoms with van der Waals surface area (Å²) < 4.78 is 10.7. The number of ether oxygens (including phenoxy) is 1. The van der Waals surface area contributed by atoms with E-state index in [9.17, 15) is 0 Å². The summed E-state index contributed by atoms with van der Waals surface area (Å²) in [5.74, 6) is 0. The molecular formula is C14H19N3O2. The highest BCUT2D eigenvalue weighted by atomic mass is 16.5. The molecular weight excluding hydrogens is 242 g/mol. The molecule has 102 valence electrons. The van der Waals surface area contributed by atoms with Crippen LogP contribution in [0.3, 0.4) is 0 Å². The van der Waals surface area contributed by atoms with E-state index >= 15 is 0 Å². The van der Waals surface area contributed by atoms with Gasteiger partial charge in [0.05, 0.1) is 13.2 Å². The van der Waals surface area contributed by atoms with Gasteiger partial charge in [0, 0.05) is 19.1 Å². The molecule has 0 spiro atoms. The molecule has 1 aromatic heterocycles. The first kappa shape index (κ1) is 12.6. The lowest BCUT2D eigenvalue weighted by molar-refractivity contribution is 0.0742. The van der Waals surface area contributed by atoms with Crippen LogP contribution in [-0.2, 0) is 11.3 Å². The van der Waals surface area contributed by atoms with E-state index in [2.05, 4.69) is 21.7 Å². The lowest BCUT2D eigenvalue weighted by Crippen LogP contribution is -2.42. The van der Waals surface area contributed by atoms with Crippen molar-refractivity contribution in [2.75, 3.05) is 26.3 Å². The third-order valence-electron chi connectivity index (χ3n) is 3.39. The average molecular weight is 261 g/mol. The first-order valence-corrected chi connectivity index (χ1v) is 6.76. The number of benzene rings is 1. The number of rotatable bonds is 5. The van der Waals surface area contributed by atoms with Crippen molar-refractivity contribution in [3.63, 3.8) is 0 Å². The van der Waals surface area contributed by atoms with Gasteiger partial charge in [-0.05, 0) is 30.7 Å². The molecule has 2 heterocycles. The Bertz CT molecular complexity index is 520. The molecule has 1 unspecified atom stereocenters. The topological polar surface area (TPSA) is 59.3 Å². The molecule has 0 aliphatic carbocycles. The number of oxazole rings is 1. The molecule has 1 aliphatic heterocycles. The Morgan fingerprint density at radius 2 is 2.42 bits per heavy atom. The monoisotopic (exact) mass is 261 g/mol. The van der Waals surface area contributed by atoms with Crippen molar-refractivity contribution >= 4 is 11.1 Å². The first-order chi connectivity index (χ1) is 9.42. The number of hydrogen-bond acceptors (Lipinski definition) is 5. The number of aromatic nitrogens is 1. The van der Waals surface area contributed by atoms with Crippen LogP contribution in [0.15, 0.2) is 29.0 Å². The van der Waals surface area contributed by atoms with E-state index in [4.69, 9.17) is 9.15 Å². The summed E-state index contributed by atoms with van der Waals surface area (Å²) >= 11 is 0. The molecule has 0 saturated carbocycles. The van der Waals surface area contributed by atoms with E-state index in [1.807, 2.05) is 12.1 Å². The van der Waals surface area contributed by atoms with Crippen molar-refractivity contribution in [1.82, 2.24) is 15.6 Å². The van der Waals surface area contributed by atoms with Crippen LogP contribution in [-0.4, -0.2) is 37.3 Å². The maximum atomic E-state index is 5.43. The Balaban J connectivity index is 1.43. The normalized spacial score (nSPS) is 19.9. The van der Waals surface area contributed by atoms with Crippen LogP contribution < -0.4 is 10.6 Å². The minimum absolute atomic E-state index is 0.484. The predicted octanol–water partition coefficient (Wildman–Crippen LogP) is 1.30. The number of fused-ring (bicyclic) bond motifs is 1. The third kappa shape index (κ3) is 3.32. The predicted molar refractivity (Wildman–Crippen MR) is 72.9 cm³/mol. The van der Waals surface area contributed by atoms with E-state index in [0.29, 0.717) is 6.04 Å². The van der Waals surface area contributed by atoms with Crippen molar-refractivity contribution < 1.29 is 9.15 Å². The Morgan fingerprint density at radius 3 is 3.32 bits per heavy atom. The Labute approximate surface area is 112 Å². The Hall–Kier alpha value is -1.43. The maximum Gasteiger partial charge on any atom is 0.181 e. The summed E-state index contributed by atoms with van der Waals surface area (Å²) in [5.41, 5.74) is 2.98. The summed E-state index contributed by atoms with van der Waals surface area (Å²) in [4.78, 5) is 4.11. The van der Waals surface area contributed by atoms with Gasteiger partial charge in [-0.15, -0.1) is 0 Å². The number of morpholine rings is 1. The van der Waals surface area contributed by atoms with Crippen LogP contribution in [0.4, 0.5) is 0 Å². The minimum Gasteiger partial charge on any atom is -0.443 e. The van der Waals surface area contributed by atoms with E-state index in [0.717, 1.165) is 50.4 Å². The fourth-order valence-corrected chi connectivity index (χ4v) is 2.32. The van der Waals surface area contributed by atoms with Crippen molar-refractivity contribution in [2.45, 2.75) is 19.0 Å². The zero-order valence-electron chi connectivity index (χ0n) is 10.9. The summed E-state index contributed by atoms with van der Waals surface area (Å²) in [5, 5.41) is 6.90. The highest BCUT2D eigenvalue weighted by Crippen LogP contribution is 2.14. The van der Waals surface area contributed by atoms with E-state index in [1.165, 1.54) is 12.0 Å². The van der Waals surface area contributed by atoms with Crippen LogP contribution >= 0.6 is 0 Å². The maximum absolute atomic E-state index is 5.43. The summed E-state index contributed by atoms with van der Waals surface area (Å²) in [7, 11) is 0. The quantitative estimate of drug-likeness (QED) is 0.794. The fourth-order valence-electron chi connectivity index (χ4n) is 2.32. The molecule has 0 bridgehead atoms. The van der Waals surface area contributed by atoms with E-state index in [-0.39, 0.29) is 0 Å². The summed E-state index contributed by atoms with van der Waals surface area (Å²) in [6, 6.07) is 6.60. The second kappa shape index (κ2) is 6.14. The third-order valence-corrected chi connectivity index (χ3v) is 3.39. The molecule has 3 rings (SSSR count). The molecule has 0 radical (unpaired) electrons. The molecule has 1 saturated heterocycles. The summed E-state index contributed by atoms with van der Waals surface area (Å²) in [6.07, 6.45) is 2.57. The van der Waals surface area contributed by atoms with Gasteiger partial charge in [-0.2, -0.15) is 0 Å². The molecule has 1 aromatic carbocycles. The van der Waals surface area contributed by atoms with Crippen LogP contribution in [0, 0.1) is 0 Å². The molecule has 1 aliphatic rings. The largest absolute Gasteiger partial charge is 0.443 e. The van der Waals surface area contributed by atoms with Crippen LogP contribution in [0.1, 0.15) is 12.0 Å². The van der Waals surface area contributed by atoms with Gasteiger partial charge < -0.3 is 19.8 Å². The standard InChI is InChI=1S/C14H19N3O2/c1-2-13-14(19-10-17-13)7-11(1)8-15-4-3-12-9-18-6-5-16-12/h1-2,7,10,12,15-16H,3-6,8-9H2. The van der Waals surface area contributed by atoms with Crippen LogP contribution in [0.2, 0.25) is 0 Å². The van der Waals surface area contributed by atoms with Gasteiger partial charge in [0.25, 0.3) is 0 Å². The molecule has 1 fully saturated rings. The van der Waals surface area contributed by atoms with Crippen LogP contribution in [0.5, 0.6) is 0 Å². The van der Waals surface area contributed by atoms with Gasteiger partial charge in [0.2, 0.25) is 0 Å². The van der Waals surface area contributed by atoms with E-state index < -0.39 is 0 Å². The Kier molecular flexibility index (Phi) is 4.07. The zero-order valence-corrected chi connectivity index (χ0v) is 10.9. The number of hydrogen-bond donors (Lipinski definition) is 2. The lowest BCUT2D eigenvalue weighted by atomic mass is 10.2. The lowest BCUT2D eigenvalue weighted by Gasteiger charge is -2.23. The van der Waals surface area contributed by atoms with Crippen molar-refractivity contribution in [3.8, 4) is 0 Å². The van der Waals surface area contributed by atoms with Crippen molar-refractivity contribution in [3.05, 3.63) is 30.2 Å². The SMILES string of the molecule is c1nc2ccc(CNCCC3COCCN3)cc2o1. The zero-order chi connectivity index (χ0) is 12.9. The molecule has 19 heavy (non-hydrogen) atoms. The minimum atomic E-state index is 0.484. The van der Waals surface area contributed by atoms with Gasteiger partial charge >= 0.3 is 0 Å². The second-order valence-corrected chi connectivity index (χ2v) is 4.85. The van der Waals surface area contributed by atoms with E-state index in [1.54, 1.807) is 0 Å². The average Bonchev–Trinajstić information content (AvgIpc) is 2.92.